The van der Waals surface area contributed by atoms with Crippen molar-refractivity contribution in [2.45, 2.75) is 64.5 Å². The van der Waals surface area contributed by atoms with Crippen LogP contribution in [0.2, 0.25) is 0 Å². The number of hydrogen-bond acceptors (Lipinski definition) is 3. The maximum atomic E-state index is 12.5. The molecule has 5 rings (SSSR count). The van der Waals surface area contributed by atoms with Crippen molar-refractivity contribution in [1.82, 2.24) is 14.7 Å². The molecule has 1 N–H and O–H groups in total. The summed E-state index contributed by atoms with van der Waals surface area (Å²) in [5.41, 5.74) is 6.67. The fourth-order valence-electron chi connectivity index (χ4n) is 4.84. The lowest BCUT2D eigenvalue weighted by Gasteiger charge is -2.43. The summed E-state index contributed by atoms with van der Waals surface area (Å²) in [5, 5.41) is 3.15. The second kappa shape index (κ2) is 8.88. The number of fused-ring (bicyclic) bond motifs is 1. The molecule has 0 spiro atoms. The van der Waals surface area contributed by atoms with Gasteiger partial charge in [-0.05, 0) is 69.7 Å². The van der Waals surface area contributed by atoms with Gasteiger partial charge in [0.15, 0.2) is 0 Å². The van der Waals surface area contributed by atoms with Gasteiger partial charge in [-0.15, -0.1) is 0 Å². The molecule has 1 fully saturated rings. The minimum atomic E-state index is -0.520. The topological polar surface area (TPSA) is 55.6 Å². The smallest absolute Gasteiger partial charge is 0.408 e. The van der Waals surface area contributed by atoms with Gasteiger partial charge in [0.25, 0.3) is 0 Å². The average molecular weight is 468 g/mol. The van der Waals surface area contributed by atoms with E-state index in [4.69, 9.17) is 9.72 Å². The van der Waals surface area contributed by atoms with E-state index in [1.165, 1.54) is 5.56 Å². The molecule has 180 valence electrons. The van der Waals surface area contributed by atoms with Gasteiger partial charge in [-0.25, -0.2) is 9.78 Å². The summed E-state index contributed by atoms with van der Waals surface area (Å²) < 4.78 is 7.71. The van der Waals surface area contributed by atoms with Crippen LogP contribution in [0.25, 0.3) is 28.2 Å². The number of imidazole rings is 1. The Balaban J connectivity index is 1.52. The van der Waals surface area contributed by atoms with Gasteiger partial charge in [0.2, 0.25) is 0 Å². The van der Waals surface area contributed by atoms with Crippen LogP contribution in [0.5, 0.6) is 0 Å². The fraction of sp³-hybridized carbons (Fsp3) is 0.333. The Morgan fingerprint density at radius 2 is 1.74 bits per heavy atom. The van der Waals surface area contributed by atoms with Crippen LogP contribution in [0.3, 0.4) is 0 Å². The molecule has 5 heteroatoms. The highest BCUT2D eigenvalue weighted by molar-refractivity contribution is 5.82. The lowest BCUT2D eigenvalue weighted by atomic mass is 9.71. The van der Waals surface area contributed by atoms with E-state index in [0.29, 0.717) is 0 Å². The number of amides is 1. The molecule has 1 saturated carbocycles. The number of pyridine rings is 1. The minimum Gasteiger partial charge on any atom is -0.444 e. The van der Waals surface area contributed by atoms with Crippen LogP contribution in [0, 0.1) is 0 Å². The molecule has 2 heterocycles. The predicted molar refractivity (Wildman–Crippen MR) is 140 cm³/mol. The predicted octanol–water partition coefficient (Wildman–Crippen LogP) is 7.13. The van der Waals surface area contributed by atoms with E-state index in [2.05, 4.69) is 83.5 Å². The van der Waals surface area contributed by atoms with Gasteiger partial charge in [0.1, 0.15) is 11.2 Å². The summed E-state index contributed by atoms with van der Waals surface area (Å²) in [6.07, 6.45) is 5.64. The Kier molecular flexibility index (Phi) is 5.87. The highest BCUT2D eigenvalue weighted by Crippen LogP contribution is 2.42. The summed E-state index contributed by atoms with van der Waals surface area (Å²) in [5.74, 6) is 0. The third kappa shape index (κ3) is 4.55. The van der Waals surface area contributed by atoms with E-state index >= 15 is 0 Å². The number of aryl methyl sites for hydroxylation is 1. The van der Waals surface area contributed by atoms with E-state index in [1.54, 1.807) is 0 Å². The van der Waals surface area contributed by atoms with Crippen molar-refractivity contribution >= 4 is 11.7 Å². The summed E-state index contributed by atoms with van der Waals surface area (Å²) in [6, 6.07) is 23.2. The second-order valence-electron chi connectivity index (χ2n) is 10.4. The van der Waals surface area contributed by atoms with Crippen molar-refractivity contribution < 1.29 is 9.53 Å². The molecule has 4 aromatic rings. The molecule has 2 aromatic heterocycles. The second-order valence-corrected chi connectivity index (χ2v) is 10.4. The number of nitrogens with zero attached hydrogens (tertiary/aromatic N) is 2. The molecule has 5 nitrogen and oxygen atoms in total. The number of nitrogens with one attached hydrogen (secondary N) is 1. The normalized spacial score (nSPS) is 15.0. The molecule has 1 aliphatic rings. The Bertz CT molecular complexity index is 1340. The Hall–Kier alpha value is -3.60. The first-order chi connectivity index (χ1) is 16.8. The van der Waals surface area contributed by atoms with Crippen molar-refractivity contribution in [3.63, 3.8) is 0 Å². The number of hydrogen-bond donors (Lipinski definition) is 1. The zero-order valence-corrected chi connectivity index (χ0v) is 21.0. The molecular formula is C30H33N3O2. The zero-order valence-electron chi connectivity index (χ0n) is 21.0. The molecular weight excluding hydrogens is 434 g/mol. The number of rotatable bonds is 5. The first kappa shape index (κ1) is 23.2. The quantitative estimate of drug-likeness (QED) is 0.339. The van der Waals surface area contributed by atoms with Gasteiger partial charge in [0.05, 0.1) is 16.9 Å². The van der Waals surface area contributed by atoms with Gasteiger partial charge in [0, 0.05) is 17.3 Å². The lowest BCUT2D eigenvalue weighted by Crippen LogP contribution is -2.52. The van der Waals surface area contributed by atoms with Gasteiger partial charge in [-0.3, -0.25) is 4.40 Å². The fourth-order valence-corrected chi connectivity index (χ4v) is 4.84. The van der Waals surface area contributed by atoms with Gasteiger partial charge < -0.3 is 10.1 Å². The largest absolute Gasteiger partial charge is 0.444 e. The van der Waals surface area contributed by atoms with Crippen LogP contribution in [-0.2, 0) is 16.7 Å². The number of ether oxygens (including phenoxy) is 1. The Labute approximate surface area is 207 Å². The monoisotopic (exact) mass is 467 g/mol. The van der Waals surface area contributed by atoms with E-state index in [-0.39, 0.29) is 11.6 Å². The van der Waals surface area contributed by atoms with Crippen LogP contribution in [0.15, 0.2) is 72.9 Å². The average Bonchev–Trinajstić information content (AvgIpc) is 3.19. The molecule has 0 bridgehead atoms. The SMILES string of the molecule is CCc1ccn2c(-c3ccccc3)c(-c3ccc(C4(NC(=O)OC(C)(C)C)CCC4)cc3)nc2c1. The maximum Gasteiger partial charge on any atom is 0.408 e. The lowest BCUT2D eigenvalue weighted by molar-refractivity contribution is 0.0377. The van der Waals surface area contributed by atoms with E-state index < -0.39 is 5.60 Å². The number of aromatic nitrogens is 2. The molecule has 0 saturated heterocycles. The van der Waals surface area contributed by atoms with Crippen molar-refractivity contribution in [1.29, 1.82) is 0 Å². The van der Waals surface area contributed by atoms with E-state index in [9.17, 15) is 4.79 Å². The number of carbonyl (C=O) groups excluding carboxylic acids is 1. The maximum absolute atomic E-state index is 12.5. The Morgan fingerprint density at radius 1 is 1.03 bits per heavy atom. The van der Waals surface area contributed by atoms with Crippen LogP contribution in [0.4, 0.5) is 4.79 Å². The van der Waals surface area contributed by atoms with Crippen LogP contribution in [-0.4, -0.2) is 21.1 Å². The van der Waals surface area contributed by atoms with Crippen molar-refractivity contribution in [2.75, 3.05) is 0 Å². The van der Waals surface area contributed by atoms with E-state index in [1.807, 2.05) is 26.8 Å². The third-order valence-electron chi connectivity index (χ3n) is 6.80. The van der Waals surface area contributed by atoms with Crippen LogP contribution in [0.1, 0.15) is 58.1 Å². The molecule has 1 aliphatic carbocycles. The molecule has 0 unspecified atom stereocenters. The van der Waals surface area contributed by atoms with Gasteiger partial charge in [-0.2, -0.15) is 0 Å². The summed E-state index contributed by atoms with van der Waals surface area (Å²) in [6.45, 7) is 7.82. The van der Waals surface area contributed by atoms with Crippen LogP contribution >= 0.6 is 0 Å². The standard InChI is InChI=1S/C30H33N3O2/c1-5-21-16-19-33-25(20-21)31-26(27(33)23-10-7-6-8-11-23)22-12-14-24(15-13-22)30(17-9-18-30)32-28(34)35-29(2,3)4/h6-8,10-16,19-20H,5,9,17-18H2,1-4H3,(H,32,34). The number of carbonyl (C=O) groups is 1. The van der Waals surface area contributed by atoms with Crippen molar-refractivity contribution in [3.05, 3.63) is 84.1 Å². The minimum absolute atomic E-state index is 0.361. The molecule has 1 amide bonds. The van der Waals surface area contributed by atoms with Gasteiger partial charge >= 0.3 is 6.09 Å². The molecule has 0 radical (unpaired) electrons. The third-order valence-corrected chi connectivity index (χ3v) is 6.80. The molecule has 0 aliphatic heterocycles. The Morgan fingerprint density at radius 3 is 2.34 bits per heavy atom. The molecule has 35 heavy (non-hydrogen) atoms. The summed E-state index contributed by atoms with van der Waals surface area (Å²) in [4.78, 5) is 17.6. The van der Waals surface area contributed by atoms with Gasteiger partial charge in [-0.1, -0.05) is 61.5 Å². The first-order valence-corrected chi connectivity index (χ1v) is 12.5. The molecule has 2 aromatic carbocycles. The first-order valence-electron chi connectivity index (χ1n) is 12.5. The van der Waals surface area contributed by atoms with E-state index in [0.717, 1.165) is 59.4 Å². The molecule has 0 atom stereocenters. The highest BCUT2D eigenvalue weighted by Gasteiger charge is 2.41. The van der Waals surface area contributed by atoms with Crippen molar-refractivity contribution in [2.24, 2.45) is 0 Å². The summed E-state index contributed by atoms with van der Waals surface area (Å²) in [7, 11) is 0. The van der Waals surface area contributed by atoms with Crippen molar-refractivity contribution in [3.8, 4) is 22.5 Å². The number of alkyl carbamates (subject to hydrolysis) is 1. The summed E-state index contributed by atoms with van der Waals surface area (Å²) >= 11 is 0. The highest BCUT2D eigenvalue weighted by atomic mass is 16.6. The van der Waals surface area contributed by atoms with Crippen LogP contribution < -0.4 is 5.32 Å². The zero-order chi connectivity index (χ0) is 24.6. The number of benzene rings is 2.